The van der Waals surface area contributed by atoms with Gasteiger partial charge in [-0.15, -0.1) is 0 Å². The van der Waals surface area contributed by atoms with E-state index in [-0.39, 0.29) is 10.9 Å². The van der Waals surface area contributed by atoms with Gasteiger partial charge in [0.05, 0.1) is 11.0 Å². The number of aliphatic hydroxyl groups excluding tert-OH is 1. The molecule has 2 rings (SSSR count). The third-order valence-electron chi connectivity index (χ3n) is 3.65. The predicted octanol–water partition coefficient (Wildman–Crippen LogP) is 1.83. The van der Waals surface area contributed by atoms with Crippen molar-refractivity contribution < 1.29 is 13.5 Å². The summed E-state index contributed by atoms with van der Waals surface area (Å²) in [5, 5.41) is 9.85. The van der Waals surface area contributed by atoms with E-state index in [4.69, 9.17) is 0 Å². The summed E-state index contributed by atoms with van der Waals surface area (Å²) in [6, 6.07) is 6.59. The van der Waals surface area contributed by atoms with E-state index in [1.165, 1.54) is 0 Å². The number of hydrogen-bond acceptors (Lipinski definition) is 3. The molecule has 1 fully saturated rings. The molecule has 2 unspecified atom stereocenters. The Morgan fingerprint density at radius 1 is 1.32 bits per heavy atom. The van der Waals surface area contributed by atoms with Crippen molar-refractivity contribution in [3.05, 3.63) is 29.8 Å². The van der Waals surface area contributed by atoms with Crippen LogP contribution in [-0.2, 0) is 16.4 Å². The highest BCUT2D eigenvalue weighted by Crippen LogP contribution is 2.21. The molecule has 0 bridgehead atoms. The molecule has 0 spiro atoms. The Kier molecular flexibility index (Phi) is 4.60. The summed E-state index contributed by atoms with van der Waals surface area (Å²) in [6.45, 7) is 1.99. The first-order chi connectivity index (χ1) is 9.03. The van der Waals surface area contributed by atoms with Gasteiger partial charge in [0.1, 0.15) is 0 Å². The minimum absolute atomic E-state index is 0.282. The van der Waals surface area contributed by atoms with Crippen LogP contribution >= 0.6 is 0 Å². The van der Waals surface area contributed by atoms with E-state index in [9.17, 15) is 13.5 Å². The van der Waals surface area contributed by atoms with Gasteiger partial charge in [0.15, 0.2) is 0 Å². The number of rotatable bonds is 4. The Balaban J connectivity index is 2.17. The maximum Gasteiger partial charge on any atom is 0.240 e. The molecule has 0 heterocycles. The zero-order chi connectivity index (χ0) is 13.9. The number of aryl methyl sites for hydroxylation is 1. The molecule has 2 N–H and O–H groups in total. The molecule has 5 heteroatoms. The maximum absolute atomic E-state index is 12.3. The molecular formula is C14H21NO3S. The van der Waals surface area contributed by atoms with E-state index in [0.717, 1.165) is 24.8 Å². The van der Waals surface area contributed by atoms with Gasteiger partial charge in [-0.05, 0) is 37.0 Å². The van der Waals surface area contributed by atoms with E-state index >= 15 is 0 Å². The lowest BCUT2D eigenvalue weighted by Crippen LogP contribution is -2.44. The molecule has 4 nitrogen and oxygen atoms in total. The van der Waals surface area contributed by atoms with E-state index in [2.05, 4.69) is 4.72 Å². The summed E-state index contributed by atoms with van der Waals surface area (Å²) in [5.74, 6) is 0. The third kappa shape index (κ3) is 3.55. The quantitative estimate of drug-likeness (QED) is 0.886. The minimum atomic E-state index is -3.54. The smallest absolute Gasteiger partial charge is 0.240 e. The molecule has 0 aliphatic heterocycles. The normalized spacial score (nSPS) is 24.3. The Morgan fingerprint density at radius 3 is 2.74 bits per heavy atom. The molecule has 1 aromatic carbocycles. The summed E-state index contributed by atoms with van der Waals surface area (Å²) in [5.41, 5.74) is 0.993. The molecule has 0 aromatic heterocycles. The van der Waals surface area contributed by atoms with E-state index in [0.29, 0.717) is 12.8 Å². The molecule has 1 aromatic rings. The average Bonchev–Trinajstić information content (AvgIpc) is 2.41. The first-order valence-corrected chi connectivity index (χ1v) is 8.30. The van der Waals surface area contributed by atoms with Crippen molar-refractivity contribution in [2.24, 2.45) is 0 Å². The minimum Gasteiger partial charge on any atom is -0.391 e. The van der Waals surface area contributed by atoms with Crippen molar-refractivity contribution in [1.82, 2.24) is 4.72 Å². The summed E-state index contributed by atoms with van der Waals surface area (Å²) < 4.78 is 27.2. The molecular weight excluding hydrogens is 262 g/mol. The highest BCUT2D eigenvalue weighted by Gasteiger charge is 2.28. The number of sulfonamides is 1. The van der Waals surface area contributed by atoms with Crippen molar-refractivity contribution >= 4 is 10.0 Å². The van der Waals surface area contributed by atoms with Gasteiger partial charge in [-0.3, -0.25) is 0 Å². The van der Waals surface area contributed by atoms with Gasteiger partial charge in [-0.25, -0.2) is 13.1 Å². The Hall–Kier alpha value is -0.910. The maximum atomic E-state index is 12.3. The fourth-order valence-corrected chi connectivity index (χ4v) is 3.82. The lowest BCUT2D eigenvalue weighted by molar-refractivity contribution is 0.101. The lowest BCUT2D eigenvalue weighted by atomic mass is 9.93. The molecule has 0 amide bonds. The Bertz CT molecular complexity index is 527. The van der Waals surface area contributed by atoms with E-state index in [1.54, 1.807) is 18.2 Å². The molecule has 1 saturated carbocycles. The van der Waals surface area contributed by atoms with E-state index in [1.807, 2.05) is 13.0 Å². The zero-order valence-corrected chi connectivity index (χ0v) is 12.0. The standard InChI is InChI=1S/C14H21NO3S/c1-2-11-6-5-7-12(10-11)19(17,18)15-13-8-3-4-9-14(13)16/h5-7,10,13-16H,2-4,8-9H2,1H3. The second-order valence-electron chi connectivity index (χ2n) is 5.08. The van der Waals surface area contributed by atoms with Crippen molar-refractivity contribution in [3.63, 3.8) is 0 Å². The fraction of sp³-hybridized carbons (Fsp3) is 0.571. The van der Waals surface area contributed by atoms with Gasteiger partial charge < -0.3 is 5.11 Å². The summed E-state index contributed by atoms with van der Waals surface area (Å²) in [7, 11) is -3.54. The summed E-state index contributed by atoms with van der Waals surface area (Å²) in [6.07, 6.45) is 3.52. The third-order valence-corrected chi connectivity index (χ3v) is 5.14. The van der Waals surface area contributed by atoms with Crippen LogP contribution in [0.4, 0.5) is 0 Å². The summed E-state index contributed by atoms with van der Waals surface area (Å²) >= 11 is 0. The van der Waals surface area contributed by atoms with Crippen LogP contribution in [0, 0.1) is 0 Å². The molecule has 0 saturated heterocycles. The lowest BCUT2D eigenvalue weighted by Gasteiger charge is -2.28. The zero-order valence-electron chi connectivity index (χ0n) is 11.2. The van der Waals surface area contributed by atoms with Crippen molar-refractivity contribution in [2.45, 2.75) is 56.1 Å². The average molecular weight is 283 g/mol. The largest absolute Gasteiger partial charge is 0.391 e. The molecule has 2 atom stereocenters. The van der Waals surface area contributed by atoms with Gasteiger partial charge in [0.25, 0.3) is 0 Å². The summed E-state index contributed by atoms with van der Waals surface area (Å²) in [4.78, 5) is 0.282. The highest BCUT2D eigenvalue weighted by molar-refractivity contribution is 7.89. The van der Waals surface area contributed by atoms with Crippen molar-refractivity contribution in [2.75, 3.05) is 0 Å². The SMILES string of the molecule is CCc1cccc(S(=O)(=O)NC2CCCCC2O)c1. The van der Waals surface area contributed by atoms with Crippen molar-refractivity contribution in [3.8, 4) is 0 Å². The predicted molar refractivity (Wildman–Crippen MR) is 74.4 cm³/mol. The van der Waals surface area contributed by atoms with E-state index < -0.39 is 16.1 Å². The second kappa shape index (κ2) is 6.03. The number of nitrogens with one attached hydrogen (secondary N) is 1. The van der Waals surface area contributed by atoms with Gasteiger partial charge >= 0.3 is 0 Å². The second-order valence-corrected chi connectivity index (χ2v) is 6.79. The fourth-order valence-electron chi connectivity index (χ4n) is 2.45. The van der Waals surface area contributed by atoms with Crippen molar-refractivity contribution in [1.29, 1.82) is 0 Å². The van der Waals surface area contributed by atoms with Crippen LogP contribution in [0.25, 0.3) is 0 Å². The topological polar surface area (TPSA) is 66.4 Å². The van der Waals surface area contributed by atoms with Crippen LogP contribution < -0.4 is 4.72 Å². The Labute approximate surface area is 114 Å². The first-order valence-electron chi connectivity index (χ1n) is 6.82. The van der Waals surface area contributed by atoms with Crippen LogP contribution in [0.2, 0.25) is 0 Å². The Morgan fingerprint density at radius 2 is 2.05 bits per heavy atom. The van der Waals surface area contributed by atoms with Crippen LogP contribution in [-0.4, -0.2) is 25.7 Å². The highest BCUT2D eigenvalue weighted by atomic mass is 32.2. The van der Waals surface area contributed by atoms with Gasteiger partial charge in [0.2, 0.25) is 10.0 Å². The monoisotopic (exact) mass is 283 g/mol. The van der Waals surface area contributed by atoms with Crippen LogP contribution in [0.3, 0.4) is 0 Å². The van der Waals surface area contributed by atoms with Crippen LogP contribution in [0.15, 0.2) is 29.2 Å². The van der Waals surface area contributed by atoms with Gasteiger partial charge in [-0.2, -0.15) is 0 Å². The molecule has 19 heavy (non-hydrogen) atoms. The number of hydrogen-bond donors (Lipinski definition) is 2. The van der Waals surface area contributed by atoms with Crippen LogP contribution in [0.5, 0.6) is 0 Å². The molecule has 0 radical (unpaired) electrons. The first kappa shape index (κ1) is 14.5. The van der Waals surface area contributed by atoms with Gasteiger partial charge in [0, 0.05) is 6.04 Å². The molecule has 1 aliphatic carbocycles. The number of benzene rings is 1. The van der Waals surface area contributed by atoms with Gasteiger partial charge in [-0.1, -0.05) is 31.9 Å². The van der Waals surface area contributed by atoms with Crippen LogP contribution in [0.1, 0.15) is 38.2 Å². The molecule has 106 valence electrons. The molecule has 1 aliphatic rings. The number of aliphatic hydroxyl groups is 1.